The molecular formula is C26H36N4O3. The zero-order chi connectivity index (χ0) is 23.8. The number of amides is 2. The van der Waals surface area contributed by atoms with Crippen LogP contribution in [0.3, 0.4) is 0 Å². The van der Waals surface area contributed by atoms with Crippen LogP contribution in [0.25, 0.3) is 10.9 Å². The van der Waals surface area contributed by atoms with Gasteiger partial charge in [0, 0.05) is 61.9 Å². The first kappa shape index (κ1) is 23.4. The number of ether oxygens (including phenoxy) is 1. The molecule has 33 heavy (non-hydrogen) atoms. The first-order chi connectivity index (χ1) is 15.6. The Morgan fingerprint density at radius 1 is 1.24 bits per heavy atom. The fourth-order valence-electron chi connectivity index (χ4n) is 4.76. The molecule has 0 spiro atoms. The number of nitrogens with zero attached hydrogens (tertiary/aromatic N) is 3. The molecule has 4 rings (SSSR count). The van der Waals surface area contributed by atoms with E-state index in [4.69, 9.17) is 4.74 Å². The number of carbonyl (C=O) groups excluding carboxylic acids is 2. The molecule has 1 unspecified atom stereocenters. The Morgan fingerprint density at radius 3 is 2.79 bits per heavy atom. The van der Waals surface area contributed by atoms with Crippen molar-refractivity contribution in [1.82, 2.24) is 19.7 Å². The maximum atomic E-state index is 12.9. The maximum absolute atomic E-state index is 12.9. The lowest BCUT2D eigenvalue weighted by molar-refractivity contribution is -0.125. The molecule has 0 saturated heterocycles. The molecule has 2 aromatic rings. The Labute approximate surface area is 196 Å². The van der Waals surface area contributed by atoms with Crippen LogP contribution >= 0.6 is 0 Å². The number of hydrogen-bond donors (Lipinski definition) is 1. The SMILES string of the molecule is Cc1ccc2c(c1)c1c(n2CCNC(=O)C2CC=CN(C(=O)OC(C)(C)C)C2)CCN(C)C1. The summed E-state index contributed by atoms with van der Waals surface area (Å²) in [6, 6.07) is 6.64. The van der Waals surface area contributed by atoms with Crippen LogP contribution in [0.2, 0.25) is 0 Å². The molecule has 0 fully saturated rings. The summed E-state index contributed by atoms with van der Waals surface area (Å²) in [5.74, 6) is -0.289. The highest BCUT2D eigenvalue weighted by molar-refractivity contribution is 5.86. The van der Waals surface area contributed by atoms with Crippen molar-refractivity contribution < 1.29 is 14.3 Å². The number of allylic oxidation sites excluding steroid dienone is 1. The van der Waals surface area contributed by atoms with Gasteiger partial charge in [0.25, 0.3) is 0 Å². The van der Waals surface area contributed by atoms with E-state index in [-0.39, 0.29) is 11.8 Å². The van der Waals surface area contributed by atoms with Gasteiger partial charge in [0.15, 0.2) is 0 Å². The van der Waals surface area contributed by atoms with Crippen molar-refractivity contribution in [2.45, 2.75) is 59.2 Å². The van der Waals surface area contributed by atoms with E-state index in [2.05, 4.69) is 47.0 Å². The van der Waals surface area contributed by atoms with E-state index >= 15 is 0 Å². The highest BCUT2D eigenvalue weighted by Crippen LogP contribution is 2.31. The number of carbonyl (C=O) groups is 2. The van der Waals surface area contributed by atoms with Crippen LogP contribution in [0.4, 0.5) is 4.79 Å². The van der Waals surface area contributed by atoms with E-state index < -0.39 is 11.7 Å². The molecule has 2 aliphatic heterocycles. The summed E-state index contributed by atoms with van der Waals surface area (Å²) in [5, 5.41) is 4.43. The van der Waals surface area contributed by atoms with Gasteiger partial charge < -0.3 is 19.5 Å². The van der Waals surface area contributed by atoms with Gasteiger partial charge in [0.1, 0.15) is 5.60 Å². The number of aromatic nitrogens is 1. The number of benzene rings is 1. The number of likely N-dealkylation sites (N-methyl/N-ethyl adjacent to an activating group) is 1. The molecule has 3 heterocycles. The molecule has 2 aliphatic rings. The second-order valence-corrected chi connectivity index (χ2v) is 10.3. The minimum atomic E-state index is -0.563. The lowest BCUT2D eigenvalue weighted by Gasteiger charge is -2.30. The monoisotopic (exact) mass is 452 g/mol. The summed E-state index contributed by atoms with van der Waals surface area (Å²) < 4.78 is 7.82. The van der Waals surface area contributed by atoms with Gasteiger partial charge >= 0.3 is 6.09 Å². The largest absolute Gasteiger partial charge is 0.443 e. The van der Waals surface area contributed by atoms with Crippen LogP contribution in [0, 0.1) is 12.8 Å². The highest BCUT2D eigenvalue weighted by atomic mass is 16.6. The highest BCUT2D eigenvalue weighted by Gasteiger charge is 2.29. The third kappa shape index (κ3) is 5.24. The summed E-state index contributed by atoms with van der Waals surface area (Å²) in [6.45, 7) is 11.3. The van der Waals surface area contributed by atoms with E-state index in [9.17, 15) is 9.59 Å². The van der Waals surface area contributed by atoms with Crippen molar-refractivity contribution in [3.63, 3.8) is 0 Å². The zero-order valence-electron chi connectivity index (χ0n) is 20.5. The first-order valence-corrected chi connectivity index (χ1v) is 11.9. The summed E-state index contributed by atoms with van der Waals surface area (Å²) in [5.41, 5.74) is 4.75. The molecule has 7 heteroatoms. The second-order valence-electron chi connectivity index (χ2n) is 10.3. The fraction of sp³-hybridized carbons (Fsp3) is 0.538. The molecule has 0 radical (unpaired) electrons. The summed E-state index contributed by atoms with van der Waals surface area (Å²) >= 11 is 0. The molecule has 7 nitrogen and oxygen atoms in total. The molecule has 1 atom stereocenters. The Hall–Kier alpha value is -2.80. The number of rotatable bonds is 4. The van der Waals surface area contributed by atoms with Gasteiger partial charge in [0.2, 0.25) is 5.91 Å². The second kappa shape index (κ2) is 9.21. The molecule has 0 bridgehead atoms. The maximum Gasteiger partial charge on any atom is 0.414 e. The van der Waals surface area contributed by atoms with Crippen molar-refractivity contribution >= 4 is 22.9 Å². The van der Waals surface area contributed by atoms with Crippen molar-refractivity contribution in [3.8, 4) is 0 Å². The normalized spacial score (nSPS) is 18.9. The molecule has 178 valence electrons. The predicted octanol–water partition coefficient (Wildman–Crippen LogP) is 3.82. The summed E-state index contributed by atoms with van der Waals surface area (Å²) in [4.78, 5) is 29.1. The standard InChI is InChI=1S/C26H36N4O3/c1-18-8-9-22-20(15-18)21-17-28(5)13-10-23(21)30(22)14-11-27-24(31)19-7-6-12-29(16-19)25(32)33-26(2,3)4/h6,8-9,12,15,19H,7,10-11,13-14,16-17H2,1-5H3,(H,27,31). The molecule has 0 aliphatic carbocycles. The average Bonchev–Trinajstić information content (AvgIpc) is 3.04. The van der Waals surface area contributed by atoms with E-state index in [1.54, 1.807) is 6.20 Å². The lowest BCUT2D eigenvalue weighted by Crippen LogP contribution is -2.43. The topological polar surface area (TPSA) is 66.8 Å². The molecule has 1 aromatic carbocycles. The average molecular weight is 453 g/mol. The first-order valence-electron chi connectivity index (χ1n) is 11.9. The van der Waals surface area contributed by atoms with Gasteiger partial charge in [-0.2, -0.15) is 0 Å². The van der Waals surface area contributed by atoms with Crippen LogP contribution in [0.1, 0.15) is 44.0 Å². The third-order valence-electron chi connectivity index (χ3n) is 6.36. The fourth-order valence-corrected chi connectivity index (χ4v) is 4.76. The minimum absolute atomic E-state index is 0.0196. The van der Waals surface area contributed by atoms with Gasteiger partial charge in [-0.1, -0.05) is 17.7 Å². The number of fused-ring (bicyclic) bond motifs is 3. The Bertz CT molecular complexity index is 1080. The van der Waals surface area contributed by atoms with Crippen molar-refractivity contribution in [3.05, 3.63) is 47.3 Å². The van der Waals surface area contributed by atoms with Gasteiger partial charge in [-0.15, -0.1) is 0 Å². The molecule has 2 amide bonds. The van der Waals surface area contributed by atoms with Gasteiger partial charge in [-0.3, -0.25) is 9.69 Å². The van der Waals surface area contributed by atoms with Crippen LogP contribution in [0.15, 0.2) is 30.5 Å². The van der Waals surface area contributed by atoms with Gasteiger partial charge in [0.05, 0.1) is 5.92 Å². The Balaban J connectivity index is 1.40. The van der Waals surface area contributed by atoms with E-state index in [1.807, 2.05) is 26.8 Å². The van der Waals surface area contributed by atoms with Gasteiger partial charge in [-0.25, -0.2) is 4.79 Å². The van der Waals surface area contributed by atoms with E-state index in [0.29, 0.717) is 19.5 Å². The quantitative estimate of drug-likeness (QED) is 0.766. The van der Waals surface area contributed by atoms with E-state index in [1.165, 1.54) is 32.6 Å². The number of nitrogens with one attached hydrogen (secondary N) is 1. The van der Waals surface area contributed by atoms with Crippen LogP contribution in [-0.4, -0.2) is 58.7 Å². The van der Waals surface area contributed by atoms with Crippen molar-refractivity contribution in [2.24, 2.45) is 5.92 Å². The molecule has 0 saturated carbocycles. The number of aryl methyl sites for hydroxylation is 1. The van der Waals surface area contributed by atoms with Crippen LogP contribution < -0.4 is 5.32 Å². The molecule has 1 N–H and O–H groups in total. The third-order valence-corrected chi connectivity index (χ3v) is 6.36. The number of hydrogen-bond acceptors (Lipinski definition) is 4. The summed E-state index contributed by atoms with van der Waals surface area (Å²) in [6.07, 6.45) is 4.81. The summed E-state index contributed by atoms with van der Waals surface area (Å²) in [7, 11) is 2.17. The minimum Gasteiger partial charge on any atom is -0.443 e. The van der Waals surface area contributed by atoms with Crippen LogP contribution in [-0.2, 0) is 29.0 Å². The van der Waals surface area contributed by atoms with Crippen molar-refractivity contribution in [1.29, 1.82) is 0 Å². The zero-order valence-corrected chi connectivity index (χ0v) is 20.5. The smallest absolute Gasteiger partial charge is 0.414 e. The Kier molecular flexibility index (Phi) is 6.52. The molecular weight excluding hydrogens is 416 g/mol. The predicted molar refractivity (Wildman–Crippen MR) is 130 cm³/mol. The van der Waals surface area contributed by atoms with Crippen molar-refractivity contribution in [2.75, 3.05) is 26.7 Å². The molecule has 1 aromatic heterocycles. The van der Waals surface area contributed by atoms with E-state index in [0.717, 1.165) is 26.1 Å². The lowest BCUT2D eigenvalue weighted by atomic mass is 10.0. The van der Waals surface area contributed by atoms with Crippen LogP contribution in [0.5, 0.6) is 0 Å². The van der Waals surface area contributed by atoms with Gasteiger partial charge in [-0.05, 0) is 58.9 Å². The Morgan fingerprint density at radius 2 is 2.03 bits per heavy atom.